The van der Waals surface area contributed by atoms with Crippen LogP contribution in [0.3, 0.4) is 0 Å². The number of benzene rings is 1. The molecule has 3 rings (SSSR count). The van der Waals surface area contributed by atoms with Crippen LogP contribution in [0.4, 0.5) is 5.69 Å². The monoisotopic (exact) mass is 334 g/mol. The third-order valence-electron chi connectivity index (χ3n) is 4.91. The zero-order valence-corrected chi connectivity index (χ0v) is 14.5. The maximum Gasteiger partial charge on any atom is 0.228 e. The van der Waals surface area contributed by atoms with E-state index in [0.29, 0.717) is 23.9 Å². The Bertz CT molecular complexity index is 631. The highest BCUT2D eigenvalue weighted by Gasteiger charge is 2.38. The van der Waals surface area contributed by atoms with Crippen LogP contribution in [0, 0.1) is 18.8 Å². The predicted octanol–water partition coefficient (Wildman–Crippen LogP) is 3.26. The van der Waals surface area contributed by atoms with Crippen LogP contribution in [0.1, 0.15) is 31.7 Å². The highest BCUT2D eigenvalue weighted by Crippen LogP contribution is 2.30. The number of anilines is 1. The highest BCUT2D eigenvalue weighted by atomic mass is 35.5. The Morgan fingerprint density at radius 3 is 2.78 bits per heavy atom. The average molecular weight is 335 g/mol. The van der Waals surface area contributed by atoms with Crippen molar-refractivity contribution in [1.82, 2.24) is 4.90 Å². The topological polar surface area (TPSA) is 40.6 Å². The molecular weight excluding hydrogens is 312 g/mol. The van der Waals surface area contributed by atoms with E-state index in [1.165, 1.54) is 6.42 Å². The Morgan fingerprint density at radius 1 is 1.30 bits per heavy atom. The van der Waals surface area contributed by atoms with Crippen LogP contribution in [-0.2, 0) is 9.59 Å². The summed E-state index contributed by atoms with van der Waals surface area (Å²) >= 11 is 6.16. The smallest absolute Gasteiger partial charge is 0.228 e. The Morgan fingerprint density at radius 2 is 2.09 bits per heavy atom. The van der Waals surface area contributed by atoms with Gasteiger partial charge in [0, 0.05) is 36.8 Å². The first kappa shape index (κ1) is 16.3. The quantitative estimate of drug-likeness (QED) is 0.833. The first-order valence-corrected chi connectivity index (χ1v) is 8.69. The fourth-order valence-corrected chi connectivity index (χ4v) is 3.69. The van der Waals surface area contributed by atoms with Gasteiger partial charge in [0.1, 0.15) is 0 Å². The summed E-state index contributed by atoms with van der Waals surface area (Å²) < 4.78 is 0. The van der Waals surface area contributed by atoms with E-state index >= 15 is 0 Å². The number of halogens is 1. The van der Waals surface area contributed by atoms with Crippen LogP contribution in [0.5, 0.6) is 0 Å². The fraction of sp³-hybridized carbons (Fsp3) is 0.556. The van der Waals surface area contributed by atoms with Crippen LogP contribution in [0.2, 0.25) is 5.02 Å². The molecule has 0 aromatic heterocycles. The largest absolute Gasteiger partial charge is 0.342 e. The molecule has 2 aliphatic rings. The van der Waals surface area contributed by atoms with Crippen molar-refractivity contribution in [3.05, 3.63) is 28.8 Å². The minimum atomic E-state index is -0.229. The van der Waals surface area contributed by atoms with Gasteiger partial charge in [-0.15, -0.1) is 0 Å². The predicted molar refractivity (Wildman–Crippen MR) is 91.6 cm³/mol. The van der Waals surface area contributed by atoms with Crippen molar-refractivity contribution >= 4 is 29.1 Å². The zero-order chi connectivity index (χ0) is 16.6. The van der Waals surface area contributed by atoms with Gasteiger partial charge in [0.05, 0.1) is 5.92 Å². The standard InChI is InChI=1S/C18H23ClN2O2/c1-12-4-3-7-20(10-12)18(23)14-8-17(22)21(11-14)15-6-5-13(2)16(19)9-15/h5-6,9,12,14H,3-4,7-8,10-11H2,1-2H3/t12-,14+/m0/s1. The average Bonchev–Trinajstić information content (AvgIpc) is 2.91. The second kappa shape index (κ2) is 6.52. The molecular formula is C18H23ClN2O2. The van der Waals surface area contributed by atoms with Crippen molar-refractivity contribution in [3.8, 4) is 0 Å². The number of carbonyl (C=O) groups is 2. The molecule has 0 aliphatic carbocycles. The molecule has 0 unspecified atom stereocenters. The van der Waals surface area contributed by atoms with Gasteiger partial charge in [-0.05, 0) is 43.4 Å². The van der Waals surface area contributed by atoms with Gasteiger partial charge < -0.3 is 9.80 Å². The highest BCUT2D eigenvalue weighted by molar-refractivity contribution is 6.31. The molecule has 0 spiro atoms. The van der Waals surface area contributed by atoms with Crippen LogP contribution in [0.25, 0.3) is 0 Å². The molecule has 0 radical (unpaired) electrons. The van der Waals surface area contributed by atoms with E-state index in [1.54, 1.807) is 4.90 Å². The Hall–Kier alpha value is -1.55. The van der Waals surface area contributed by atoms with Crippen LogP contribution in [0.15, 0.2) is 18.2 Å². The molecule has 0 bridgehead atoms. The van der Waals surface area contributed by atoms with E-state index in [1.807, 2.05) is 30.0 Å². The Balaban J connectivity index is 1.71. The Kier molecular flexibility index (Phi) is 4.62. The molecule has 2 amide bonds. The van der Waals surface area contributed by atoms with E-state index < -0.39 is 0 Å². The molecule has 124 valence electrons. The van der Waals surface area contributed by atoms with E-state index in [4.69, 9.17) is 11.6 Å². The molecule has 1 aromatic carbocycles. The first-order chi connectivity index (χ1) is 11.0. The van der Waals surface area contributed by atoms with Gasteiger partial charge in [-0.3, -0.25) is 9.59 Å². The lowest BCUT2D eigenvalue weighted by Crippen LogP contribution is -2.43. The maximum absolute atomic E-state index is 12.7. The lowest BCUT2D eigenvalue weighted by atomic mass is 9.98. The maximum atomic E-state index is 12.7. The summed E-state index contributed by atoms with van der Waals surface area (Å²) in [5.74, 6) is 0.462. The summed E-state index contributed by atoms with van der Waals surface area (Å²) in [6.45, 7) is 6.22. The molecule has 2 saturated heterocycles. The van der Waals surface area contributed by atoms with Gasteiger partial charge in [-0.2, -0.15) is 0 Å². The summed E-state index contributed by atoms with van der Waals surface area (Å²) in [6, 6.07) is 5.62. The molecule has 23 heavy (non-hydrogen) atoms. The van der Waals surface area contributed by atoms with E-state index in [-0.39, 0.29) is 17.7 Å². The first-order valence-electron chi connectivity index (χ1n) is 8.31. The summed E-state index contributed by atoms with van der Waals surface area (Å²) in [7, 11) is 0. The second-order valence-corrected chi connectivity index (χ2v) is 7.28. The van der Waals surface area contributed by atoms with Gasteiger partial charge in [0.25, 0.3) is 0 Å². The number of amides is 2. The minimum absolute atomic E-state index is 0.00771. The van der Waals surface area contributed by atoms with Crippen molar-refractivity contribution in [2.24, 2.45) is 11.8 Å². The van der Waals surface area contributed by atoms with Crippen molar-refractivity contribution in [3.63, 3.8) is 0 Å². The van der Waals surface area contributed by atoms with Gasteiger partial charge >= 0.3 is 0 Å². The number of aryl methyl sites for hydroxylation is 1. The van der Waals surface area contributed by atoms with Gasteiger partial charge in [-0.1, -0.05) is 24.6 Å². The van der Waals surface area contributed by atoms with Crippen molar-refractivity contribution in [1.29, 1.82) is 0 Å². The second-order valence-electron chi connectivity index (χ2n) is 6.87. The molecule has 2 atom stereocenters. The number of hydrogen-bond acceptors (Lipinski definition) is 2. The summed E-state index contributed by atoms with van der Waals surface area (Å²) in [5.41, 5.74) is 1.77. The molecule has 0 N–H and O–H groups in total. The number of piperidine rings is 1. The Labute approximate surface area is 142 Å². The molecule has 0 saturated carbocycles. The SMILES string of the molecule is Cc1ccc(N2C[C@H](C(=O)N3CCC[C@H](C)C3)CC2=O)cc1Cl. The molecule has 2 heterocycles. The normalized spacial score (nSPS) is 25.1. The van der Waals surface area contributed by atoms with Crippen molar-refractivity contribution in [2.75, 3.05) is 24.5 Å². The third kappa shape index (κ3) is 3.37. The fourth-order valence-electron chi connectivity index (χ4n) is 3.52. The van der Waals surface area contributed by atoms with E-state index in [2.05, 4.69) is 6.92 Å². The molecule has 2 fully saturated rings. The summed E-state index contributed by atoms with van der Waals surface area (Å²) in [4.78, 5) is 28.7. The lowest BCUT2D eigenvalue weighted by molar-refractivity contribution is -0.137. The number of rotatable bonds is 2. The number of carbonyl (C=O) groups excluding carboxylic acids is 2. The zero-order valence-electron chi connectivity index (χ0n) is 13.7. The van der Waals surface area contributed by atoms with Crippen LogP contribution >= 0.6 is 11.6 Å². The van der Waals surface area contributed by atoms with E-state index in [9.17, 15) is 9.59 Å². The van der Waals surface area contributed by atoms with E-state index in [0.717, 1.165) is 30.8 Å². The number of nitrogens with zero attached hydrogens (tertiary/aromatic N) is 2. The number of hydrogen-bond donors (Lipinski definition) is 0. The van der Waals surface area contributed by atoms with Crippen molar-refractivity contribution < 1.29 is 9.59 Å². The van der Waals surface area contributed by atoms with Gasteiger partial charge in [0.2, 0.25) is 11.8 Å². The van der Waals surface area contributed by atoms with Gasteiger partial charge in [0.15, 0.2) is 0 Å². The van der Waals surface area contributed by atoms with Crippen molar-refractivity contribution in [2.45, 2.75) is 33.1 Å². The third-order valence-corrected chi connectivity index (χ3v) is 5.32. The molecule has 5 heteroatoms. The lowest BCUT2D eigenvalue weighted by Gasteiger charge is -2.32. The van der Waals surface area contributed by atoms with Gasteiger partial charge in [-0.25, -0.2) is 0 Å². The molecule has 1 aromatic rings. The molecule has 2 aliphatic heterocycles. The summed E-state index contributed by atoms with van der Waals surface area (Å²) in [5, 5.41) is 0.648. The number of likely N-dealkylation sites (tertiary alicyclic amines) is 1. The van der Waals surface area contributed by atoms with Crippen LogP contribution in [-0.4, -0.2) is 36.3 Å². The van der Waals surface area contributed by atoms with Crippen LogP contribution < -0.4 is 4.90 Å². The minimum Gasteiger partial charge on any atom is -0.342 e. The summed E-state index contributed by atoms with van der Waals surface area (Å²) in [6.07, 6.45) is 2.54. The molecule has 4 nitrogen and oxygen atoms in total.